The van der Waals surface area contributed by atoms with Gasteiger partial charge in [-0.25, -0.2) is 0 Å². The lowest BCUT2D eigenvalue weighted by Crippen LogP contribution is -2.26. The molecule has 1 aliphatic rings. The van der Waals surface area contributed by atoms with Gasteiger partial charge < -0.3 is 10.5 Å². The maximum Gasteiger partial charge on any atom is 0.173 e. The van der Waals surface area contributed by atoms with Crippen molar-refractivity contribution in [3.8, 4) is 5.06 Å². The molecule has 2 atom stereocenters. The van der Waals surface area contributed by atoms with Crippen molar-refractivity contribution in [2.75, 3.05) is 7.11 Å². The molecule has 0 spiro atoms. The van der Waals surface area contributed by atoms with Crippen LogP contribution < -0.4 is 10.5 Å². The molecule has 78 valence electrons. The largest absolute Gasteiger partial charge is 0.487 e. The summed E-state index contributed by atoms with van der Waals surface area (Å²) in [6.07, 6.45) is 4.89. The molecule has 2 unspecified atom stereocenters. The number of methoxy groups -OCH3 is 1. The molecule has 1 aromatic rings. The molecule has 2 N–H and O–H groups in total. The second-order valence-electron chi connectivity index (χ2n) is 3.98. The third-order valence-corrected chi connectivity index (χ3v) is 4.13. The Bertz CT molecular complexity index is 297. The van der Waals surface area contributed by atoms with Crippen LogP contribution in [0.25, 0.3) is 0 Å². The van der Waals surface area contributed by atoms with E-state index in [1.807, 2.05) is 0 Å². The molecule has 0 aromatic carbocycles. The van der Waals surface area contributed by atoms with Crippen LogP contribution in [0.3, 0.4) is 0 Å². The smallest absolute Gasteiger partial charge is 0.173 e. The van der Waals surface area contributed by atoms with Gasteiger partial charge in [0, 0.05) is 10.9 Å². The Labute approximate surface area is 89.1 Å². The van der Waals surface area contributed by atoms with Crippen LogP contribution in [0.2, 0.25) is 0 Å². The zero-order chi connectivity index (χ0) is 9.97. The third kappa shape index (κ3) is 2.10. The van der Waals surface area contributed by atoms with E-state index in [2.05, 4.69) is 12.1 Å². The molecule has 0 amide bonds. The standard InChI is InChI=1S/C11H17NOS/c1-13-11-6-5-10(14-11)8-3-2-4-9(12)7-8/h5-6,8-9H,2-4,7,12H2,1H3. The van der Waals surface area contributed by atoms with Crippen LogP contribution in [0.5, 0.6) is 5.06 Å². The molecule has 1 aliphatic carbocycles. The van der Waals surface area contributed by atoms with Gasteiger partial charge in [-0.2, -0.15) is 0 Å². The quantitative estimate of drug-likeness (QED) is 0.816. The zero-order valence-electron chi connectivity index (χ0n) is 8.53. The summed E-state index contributed by atoms with van der Waals surface area (Å²) in [5.41, 5.74) is 5.98. The van der Waals surface area contributed by atoms with Gasteiger partial charge in [0.25, 0.3) is 0 Å². The average Bonchev–Trinajstić information content (AvgIpc) is 2.66. The molecule has 14 heavy (non-hydrogen) atoms. The molecule has 2 rings (SSSR count). The Morgan fingerprint density at radius 1 is 1.43 bits per heavy atom. The number of ether oxygens (including phenoxy) is 1. The lowest BCUT2D eigenvalue weighted by atomic mass is 9.85. The molecule has 3 heteroatoms. The first-order valence-corrected chi connectivity index (χ1v) is 6.00. The van der Waals surface area contributed by atoms with Gasteiger partial charge in [-0.15, -0.1) is 11.3 Å². The van der Waals surface area contributed by atoms with Gasteiger partial charge in [-0.3, -0.25) is 0 Å². The summed E-state index contributed by atoms with van der Waals surface area (Å²) < 4.78 is 5.20. The van der Waals surface area contributed by atoms with Crippen LogP contribution in [-0.2, 0) is 0 Å². The number of rotatable bonds is 2. The maximum absolute atomic E-state index is 5.98. The molecule has 0 aliphatic heterocycles. The van der Waals surface area contributed by atoms with Crippen LogP contribution in [-0.4, -0.2) is 13.2 Å². The lowest BCUT2D eigenvalue weighted by molar-refractivity contribution is 0.397. The summed E-state index contributed by atoms with van der Waals surface area (Å²) in [4.78, 5) is 1.44. The molecule has 0 bridgehead atoms. The number of hydrogen-bond donors (Lipinski definition) is 1. The fourth-order valence-electron chi connectivity index (χ4n) is 2.15. The maximum atomic E-state index is 5.98. The van der Waals surface area contributed by atoms with Gasteiger partial charge in [0.2, 0.25) is 0 Å². The van der Waals surface area contributed by atoms with Crippen molar-refractivity contribution in [2.45, 2.75) is 37.6 Å². The monoisotopic (exact) mass is 211 g/mol. The van der Waals surface area contributed by atoms with E-state index in [0.29, 0.717) is 12.0 Å². The van der Waals surface area contributed by atoms with Gasteiger partial charge in [0.05, 0.1) is 7.11 Å². The molecule has 1 aromatic heterocycles. The second kappa shape index (κ2) is 4.32. The van der Waals surface area contributed by atoms with E-state index in [1.54, 1.807) is 18.4 Å². The third-order valence-electron chi connectivity index (χ3n) is 2.92. The van der Waals surface area contributed by atoms with Crippen LogP contribution >= 0.6 is 11.3 Å². The summed E-state index contributed by atoms with van der Waals surface area (Å²) in [5, 5.41) is 1.01. The highest BCUT2D eigenvalue weighted by Crippen LogP contribution is 2.38. The molecule has 1 saturated carbocycles. The Kier molecular flexibility index (Phi) is 3.08. The van der Waals surface area contributed by atoms with E-state index in [9.17, 15) is 0 Å². The normalized spacial score (nSPS) is 27.6. The highest BCUT2D eigenvalue weighted by atomic mass is 32.1. The summed E-state index contributed by atoms with van der Waals surface area (Å²) in [5.74, 6) is 0.674. The first-order valence-electron chi connectivity index (χ1n) is 5.19. The Morgan fingerprint density at radius 3 is 2.93 bits per heavy atom. The van der Waals surface area contributed by atoms with Crippen molar-refractivity contribution in [1.82, 2.24) is 0 Å². The zero-order valence-corrected chi connectivity index (χ0v) is 9.35. The van der Waals surface area contributed by atoms with Crippen LogP contribution in [0, 0.1) is 0 Å². The van der Waals surface area contributed by atoms with Crippen LogP contribution in [0.1, 0.15) is 36.5 Å². The summed E-state index contributed by atoms with van der Waals surface area (Å²) in [6.45, 7) is 0. The van der Waals surface area contributed by atoms with Gasteiger partial charge in [0.1, 0.15) is 0 Å². The summed E-state index contributed by atoms with van der Waals surface area (Å²) >= 11 is 1.76. The summed E-state index contributed by atoms with van der Waals surface area (Å²) in [6, 6.07) is 4.65. The highest BCUT2D eigenvalue weighted by molar-refractivity contribution is 7.13. The van der Waals surface area contributed by atoms with E-state index in [0.717, 1.165) is 11.5 Å². The lowest BCUT2D eigenvalue weighted by Gasteiger charge is -2.25. The van der Waals surface area contributed by atoms with E-state index >= 15 is 0 Å². The Morgan fingerprint density at radius 2 is 2.29 bits per heavy atom. The predicted molar refractivity (Wildman–Crippen MR) is 60.1 cm³/mol. The van der Waals surface area contributed by atoms with Crippen molar-refractivity contribution in [2.24, 2.45) is 5.73 Å². The van der Waals surface area contributed by atoms with E-state index in [1.165, 1.54) is 24.1 Å². The molecular formula is C11H17NOS. The van der Waals surface area contributed by atoms with Gasteiger partial charge in [-0.05, 0) is 37.3 Å². The minimum absolute atomic E-state index is 0.404. The van der Waals surface area contributed by atoms with Gasteiger partial charge >= 0.3 is 0 Å². The predicted octanol–water partition coefficient (Wildman–Crippen LogP) is 2.74. The molecule has 2 nitrogen and oxygen atoms in total. The first kappa shape index (κ1) is 9.99. The van der Waals surface area contributed by atoms with E-state index in [-0.39, 0.29) is 0 Å². The Hall–Kier alpha value is -0.540. The fraction of sp³-hybridized carbons (Fsp3) is 0.636. The minimum atomic E-state index is 0.404. The van der Waals surface area contributed by atoms with Crippen molar-refractivity contribution < 1.29 is 4.74 Å². The van der Waals surface area contributed by atoms with Crippen LogP contribution in [0.15, 0.2) is 12.1 Å². The number of nitrogens with two attached hydrogens (primary N) is 1. The minimum Gasteiger partial charge on any atom is -0.487 e. The summed E-state index contributed by atoms with van der Waals surface area (Å²) in [7, 11) is 1.72. The van der Waals surface area contributed by atoms with Crippen molar-refractivity contribution in [3.05, 3.63) is 17.0 Å². The number of hydrogen-bond acceptors (Lipinski definition) is 3. The van der Waals surface area contributed by atoms with Gasteiger partial charge in [-0.1, -0.05) is 6.42 Å². The van der Waals surface area contributed by atoms with Crippen molar-refractivity contribution >= 4 is 11.3 Å². The SMILES string of the molecule is COc1ccc(C2CCCC(N)C2)s1. The molecule has 0 saturated heterocycles. The number of thiophene rings is 1. The molecule has 1 heterocycles. The van der Waals surface area contributed by atoms with E-state index in [4.69, 9.17) is 10.5 Å². The van der Waals surface area contributed by atoms with E-state index < -0.39 is 0 Å². The molecular weight excluding hydrogens is 194 g/mol. The van der Waals surface area contributed by atoms with Crippen molar-refractivity contribution in [1.29, 1.82) is 0 Å². The average molecular weight is 211 g/mol. The first-order chi connectivity index (χ1) is 6.79. The molecule has 0 radical (unpaired) electrons. The van der Waals surface area contributed by atoms with Crippen molar-refractivity contribution in [3.63, 3.8) is 0 Å². The topological polar surface area (TPSA) is 35.2 Å². The fourth-order valence-corrected chi connectivity index (χ4v) is 3.12. The van der Waals surface area contributed by atoms with Crippen LogP contribution in [0.4, 0.5) is 0 Å². The Balaban J connectivity index is 2.06. The highest BCUT2D eigenvalue weighted by Gasteiger charge is 2.21. The molecule has 1 fully saturated rings. The second-order valence-corrected chi connectivity index (χ2v) is 5.06. The van der Waals surface area contributed by atoms with Gasteiger partial charge in [0.15, 0.2) is 5.06 Å².